The summed E-state index contributed by atoms with van der Waals surface area (Å²) in [5.41, 5.74) is -0.861. The van der Waals surface area contributed by atoms with E-state index < -0.39 is 5.41 Å². The number of nitrogens with one attached hydrogen (secondary N) is 1. The standard InChI is InChI=1S/C12H20N2O2/c1-10(8-15)14-11(16)12(9-13)6-4-2-3-5-7-12/h10,15H,2-8H2,1H3,(H,14,16)/t10-/m0/s1. The second kappa shape index (κ2) is 5.86. The van der Waals surface area contributed by atoms with Gasteiger partial charge in [-0.05, 0) is 19.8 Å². The molecule has 0 aliphatic heterocycles. The number of rotatable bonds is 3. The highest BCUT2D eigenvalue weighted by Crippen LogP contribution is 2.34. The Balaban J connectivity index is 2.70. The van der Waals surface area contributed by atoms with E-state index in [1.807, 2.05) is 0 Å². The third-order valence-corrected chi connectivity index (χ3v) is 3.26. The molecule has 0 aromatic rings. The van der Waals surface area contributed by atoms with Crippen molar-refractivity contribution >= 4 is 5.91 Å². The molecule has 0 unspecified atom stereocenters. The molecular formula is C12H20N2O2. The van der Waals surface area contributed by atoms with Crippen molar-refractivity contribution < 1.29 is 9.90 Å². The minimum absolute atomic E-state index is 0.0900. The summed E-state index contributed by atoms with van der Waals surface area (Å²) in [6.07, 6.45) is 5.38. The van der Waals surface area contributed by atoms with Gasteiger partial charge in [-0.25, -0.2) is 0 Å². The zero-order valence-electron chi connectivity index (χ0n) is 9.83. The fraction of sp³-hybridized carbons (Fsp3) is 0.833. The van der Waals surface area contributed by atoms with Gasteiger partial charge < -0.3 is 10.4 Å². The van der Waals surface area contributed by atoms with Crippen molar-refractivity contribution in [2.45, 2.75) is 51.5 Å². The molecule has 0 radical (unpaired) electrons. The maximum atomic E-state index is 12.0. The fourth-order valence-electron chi connectivity index (χ4n) is 2.13. The van der Waals surface area contributed by atoms with E-state index in [0.717, 1.165) is 25.7 Å². The van der Waals surface area contributed by atoms with E-state index in [1.54, 1.807) is 6.92 Å². The number of aliphatic hydroxyl groups excluding tert-OH is 1. The number of aliphatic hydroxyl groups is 1. The SMILES string of the molecule is C[C@@H](CO)NC(=O)C1(C#N)CCCCCC1. The molecule has 2 N–H and O–H groups in total. The van der Waals surface area contributed by atoms with Crippen LogP contribution in [-0.4, -0.2) is 23.7 Å². The molecule has 1 aliphatic carbocycles. The predicted molar refractivity (Wildman–Crippen MR) is 60.4 cm³/mol. The van der Waals surface area contributed by atoms with Crippen LogP contribution in [0.1, 0.15) is 45.4 Å². The molecule has 1 atom stereocenters. The summed E-state index contributed by atoms with van der Waals surface area (Å²) < 4.78 is 0. The van der Waals surface area contributed by atoms with Gasteiger partial charge in [-0.15, -0.1) is 0 Å². The van der Waals surface area contributed by atoms with Crippen LogP contribution < -0.4 is 5.32 Å². The predicted octanol–water partition coefficient (Wildman–Crippen LogP) is 1.35. The molecule has 0 saturated heterocycles. The van der Waals surface area contributed by atoms with Crippen LogP contribution in [0.4, 0.5) is 0 Å². The smallest absolute Gasteiger partial charge is 0.240 e. The van der Waals surface area contributed by atoms with Crippen LogP contribution in [0.5, 0.6) is 0 Å². The van der Waals surface area contributed by atoms with E-state index in [4.69, 9.17) is 5.11 Å². The summed E-state index contributed by atoms with van der Waals surface area (Å²) in [6, 6.07) is 1.92. The highest BCUT2D eigenvalue weighted by atomic mass is 16.3. The molecule has 16 heavy (non-hydrogen) atoms. The van der Waals surface area contributed by atoms with Crippen molar-refractivity contribution in [3.8, 4) is 6.07 Å². The van der Waals surface area contributed by atoms with Gasteiger partial charge in [0.25, 0.3) is 0 Å². The van der Waals surface area contributed by atoms with Crippen molar-refractivity contribution in [2.75, 3.05) is 6.61 Å². The van der Waals surface area contributed by atoms with Gasteiger partial charge in [-0.3, -0.25) is 4.79 Å². The van der Waals surface area contributed by atoms with E-state index in [1.165, 1.54) is 0 Å². The first-order valence-corrected chi connectivity index (χ1v) is 5.98. The average Bonchev–Trinajstić information content (AvgIpc) is 2.54. The van der Waals surface area contributed by atoms with Crippen LogP contribution in [-0.2, 0) is 4.79 Å². The Kier molecular flexibility index (Phi) is 4.75. The summed E-state index contributed by atoms with van der Waals surface area (Å²) in [5.74, 6) is -0.210. The molecule has 0 bridgehead atoms. The zero-order chi connectivity index (χ0) is 12.0. The monoisotopic (exact) mass is 224 g/mol. The van der Waals surface area contributed by atoms with Crippen LogP contribution in [0.15, 0.2) is 0 Å². The van der Waals surface area contributed by atoms with Crippen molar-refractivity contribution in [1.82, 2.24) is 5.32 Å². The van der Waals surface area contributed by atoms with E-state index in [0.29, 0.717) is 12.8 Å². The minimum Gasteiger partial charge on any atom is -0.394 e. The maximum Gasteiger partial charge on any atom is 0.240 e. The van der Waals surface area contributed by atoms with Gasteiger partial charge in [0.15, 0.2) is 0 Å². The first-order valence-electron chi connectivity index (χ1n) is 5.98. The van der Waals surface area contributed by atoms with E-state index >= 15 is 0 Å². The zero-order valence-corrected chi connectivity index (χ0v) is 9.83. The Labute approximate surface area is 96.6 Å². The first-order chi connectivity index (χ1) is 7.64. The van der Waals surface area contributed by atoms with Gasteiger partial charge in [0.05, 0.1) is 12.7 Å². The normalized spacial score (nSPS) is 21.6. The van der Waals surface area contributed by atoms with E-state index in [-0.39, 0.29) is 18.6 Å². The Hall–Kier alpha value is -1.08. The Morgan fingerprint density at radius 3 is 2.44 bits per heavy atom. The highest BCUT2D eigenvalue weighted by molar-refractivity contribution is 5.85. The lowest BCUT2D eigenvalue weighted by atomic mass is 9.81. The molecule has 90 valence electrons. The second-order valence-corrected chi connectivity index (χ2v) is 4.67. The van der Waals surface area contributed by atoms with Gasteiger partial charge in [0.2, 0.25) is 5.91 Å². The Morgan fingerprint density at radius 1 is 1.44 bits per heavy atom. The lowest BCUT2D eigenvalue weighted by Crippen LogP contribution is -2.45. The van der Waals surface area contributed by atoms with Gasteiger partial charge in [0, 0.05) is 6.04 Å². The number of carbonyl (C=O) groups excluding carboxylic acids is 1. The quantitative estimate of drug-likeness (QED) is 0.711. The molecule has 0 spiro atoms. The number of nitriles is 1. The Bertz CT molecular complexity index is 275. The van der Waals surface area contributed by atoms with Crippen molar-refractivity contribution in [1.29, 1.82) is 5.26 Å². The molecule has 0 heterocycles. The Morgan fingerprint density at radius 2 is 2.00 bits per heavy atom. The third kappa shape index (κ3) is 2.96. The summed E-state index contributed by atoms with van der Waals surface area (Å²) in [6.45, 7) is 1.65. The van der Waals surface area contributed by atoms with Crippen molar-refractivity contribution in [2.24, 2.45) is 5.41 Å². The maximum absolute atomic E-state index is 12.0. The van der Waals surface area contributed by atoms with Gasteiger partial charge in [0.1, 0.15) is 5.41 Å². The third-order valence-electron chi connectivity index (χ3n) is 3.26. The molecule has 1 aliphatic rings. The molecule has 0 aromatic carbocycles. The van der Waals surface area contributed by atoms with Crippen LogP contribution in [0.3, 0.4) is 0 Å². The molecule has 4 nitrogen and oxygen atoms in total. The number of carbonyl (C=O) groups is 1. The molecule has 0 aromatic heterocycles. The lowest BCUT2D eigenvalue weighted by molar-refractivity contribution is -0.129. The molecule has 1 rings (SSSR count). The molecular weight excluding hydrogens is 204 g/mol. The highest BCUT2D eigenvalue weighted by Gasteiger charge is 2.39. The van der Waals surface area contributed by atoms with E-state index in [9.17, 15) is 10.1 Å². The average molecular weight is 224 g/mol. The van der Waals surface area contributed by atoms with Crippen LogP contribution in [0.25, 0.3) is 0 Å². The van der Waals surface area contributed by atoms with Gasteiger partial charge >= 0.3 is 0 Å². The minimum atomic E-state index is -0.861. The van der Waals surface area contributed by atoms with E-state index in [2.05, 4.69) is 11.4 Å². The van der Waals surface area contributed by atoms with Crippen LogP contribution in [0, 0.1) is 16.7 Å². The molecule has 1 fully saturated rings. The first kappa shape index (κ1) is 13.0. The number of hydrogen-bond donors (Lipinski definition) is 2. The summed E-state index contributed by atoms with van der Waals surface area (Å²) in [4.78, 5) is 12.0. The largest absolute Gasteiger partial charge is 0.394 e. The van der Waals surface area contributed by atoms with Crippen molar-refractivity contribution in [3.63, 3.8) is 0 Å². The van der Waals surface area contributed by atoms with Gasteiger partial charge in [-0.2, -0.15) is 5.26 Å². The molecule has 1 saturated carbocycles. The number of nitrogens with zero attached hydrogens (tertiary/aromatic N) is 1. The van der Waals surface area contributed by atoms with Crippen LogP contribution >= 0.6 is 0 Å². The lowest BCUT2D eigenvalue weighted by Gasteiger charge is -2.25. The summed E-state index contributed by atoms with van der Waals surface area (Å²) in [5, 5.41) is 20.9. The van der Waals surface area contributed by atoms with Gasteiger partial charge in [-0.1, -0.05) is 25.7 Å². The number of amides is 1. The summed E-state index contributed by atoms with van der Waals surface area (Å²) in [7, 11) is 0. The fourth-order valence-corrected chi connectivity index (χ4v) is 2.13. The van der Waals surface area contributed by atoms with Crippen LogP contribution in [0.2, 0.25) is 0 Å². The van der Waals surface area contributed by atoms with Crippen molar-refractivity contribution in [3.05, 3.63) is 0 Å². The number of hydrogen-bond acceptors (Lipinski definition) is 3. The molecule has 1 amide bonds. The second-order valence-electron chi connectivity index (χ2n) is 4.67. The topological polar surface area (TPSA) is 73.1 Å². The molecule has 4 heteroatoms. The summed E-state index contributed by atoms with van der Waals surface area (Å²) >= 11 is 0.